The van der Waals surface area contributed by atoms with E-state index in [4.69, 9.17) is 0 Å². The number of aryl methyl sites for hydroxylation is 1. The number of hydrogen-bond donors (Lipinski definition) is 2. The average Bonchev–Trinajstić information content (AvgIpc) is 3.20. The Kier molecular flexibility index (Phi) is 4.83. The Morgan fingerprint density at radius 2 is 1.97 bits per heavy atom. The maximum Gasteiger partial charge on any atom is 0.0809 e. The van der Waals surface area contributed by atoms with Crippen LogP contribution in [0.5, 0.6) is 0 Å². The molecule has 7 unspecified atom stereocenters. The van der Waals surface area contributed by atoms with Crippen LogP contribution in [0.1, 0.15) is 77.0 Å². The summed E-state index contributed by atoms with van der Waals surface area (Å²) in [4.78, 5) is 0. The highest BCUT2D eigenvalue weighted by molar-refractivity contribution is 5.57. The number of aliphatic hydroxyl groups is 2. The minimum absolute atomic E-state index is 0.0163. The van der Waals surface area contributed by atoms with Gasteiger partial charge in [0.1, 0.15) is 0 Å². The molecule has 7 atom stereocenters. The molecule has 1 aromatic rings. The summed E-state index contributed by atoms with van der Waals surface area (Å²) in [6.45, 7) is 9.93. The van der Waals surface area contributed by atoms with E-state index in [-0.39, 0.29) is 23.0 Å². The van der Waals surface area contributed by atoms with Crippen LogP contribution in [0.15, 0.2) is 23.4 Å². The molecule has 0 bridgehead atoms. The zero-order valence-electron chi connectivity index (χ0n) is 19.1. The van der Waals surface area contributed by atoms with Crippen LogP contribution in [0.4, 0.5) is 0 Å². The van der Waals surface area contributed by atoms with Crippen LogP contribution in [0.3, 0.4) is 0 Å². The van der Waals surface area contributed by atoms with Gasteiger partial charge in [-0.05, 0) is 93.6 Å². The number of fused-ring (bicyclic) bond motifs is 5. The minimum atomic E-state index is -0.348. The van der Waals surface area contributed by atoms with E-state index in [0.717, 1.165) is 50.6 Å². The first kappa shape index (κ1) is 20.5. The molecule has 2 N–H and O–H groups in total. The highest BCUT2D eigenvalue weighted by atomic mass is 16.3. The molecule has 4 aliphatic carbocycles. The van der Waals surface area contributed by atoms with Crippen molar-refractivity contribution < 1.29 is 10.2 Å². The number of aliphatic hydroxyl groups excluding tert-OH is 2. The summed E-state index contributed by atoms with van der Waals surface area (Å²) in [6, 6.07) is 0. The normalized spacial score (nSPS) is 44.4. The van der Waals surface area contributed by atoms with Gasteiger partial charge in [-0.3, -0.25) is 4.68 Å². The van der Waals surface area contributed by atoms with Gasteiger partial charge >= 0.3 is 0 Å². The van der Waals surface area contributed by atoms with Crippen LogP contribution < -0.4 is 0 Å². The van der Waals surface area contributed by atoms with Crippen molar-refractivity contribution in [1.82, 2.24) is 9.78 Å². The fourth-order valence-corrected chi connectivity index (χ4v) is 7.76. The van der Waals surface area contributed by atoms with E-state index in [9.17, 15) is 10.2 Å². The highest BCUT2D eigenvalue weighted by Gasteiger charge is 2.59. The van der Waals surface area contributed by atoms with Gasteiger partial charge in [-0.1, -0.05) is 25.5 Å². The molecule has 3 fully saturated rings. The molecule has 5 rings (SSSR count). The molecule has 0 aliphatic heterocycles. The molecular formula is C26H38N2O2. The van der Waals surface area contributed by atoms with Gasteiger partial charge in [-0.15, -0.1) is 0 Å². The van der Waals surface area contributed by atoms with Gasteiger partial charge in [-0.25, -0.2) is 0 Å². The lowest BCUT2D eigenvalue weighted by molar-refractivity contribution is -0.0685. The van der Waals surface area contributed by atoms with Gasteiger partial charge in [0.2, 0.25) is 0 Å². The third-order valence-corrected chi connectivity index (χ3v) is 9.73. The molecule has 30 heavy (non-hydrogen) atoms. The average molecular weight is 411 g/mol. The van der Waals surface area contributed by atoms with Gasteiger partial charge in [0.15, 0.2) is 0 Å². The number of allylic oxidation sites excluding steroid dienone is 1. The second kappa shape index (κ2) is 7.06. The van der Waals surface area contributed by atoms with Gasteiger partial charge < -0.3 is 10.2 Å². The summed E-state index contributed by atoms with van der Waals surface area (Å²) in [5.74, 6) is 1.88. The van der Waals surface area contributed by atoms with E-state index in [2.05, 4.69) is 44.9 Å². The van der Waals surface area contributed by atoms with Crippen molar-refractivity contribution in [2.45, 2.75) is 91.4 Å². The van der Waals surface area contributed by atoms with E-state index in [0.29, 0.717) is 17.8 Å². The molecular weight excluding hydrogens is 372 g/mol. The van der Waals surface area contributed by atoms with Crippen LogP contribution in [0.2, 0.25) is 0 Å². The number of hydrogen-bond acceptors (Lipinski definition) is 3. The Hall–Kier alpha value is -1.39. The topological polar surface area (TPSA) is 58.3 Å². The standard InChI is InChI=1S/C26H38N2O2/c1-5-28-16(2)18(15-27-28)12-17-13-23-21-7-6-19-14-20(29)8-10-25(19,3)22(21)9-11-26(23,4)24(17)30/h6,12,15,20-24,29-30H,5,7-11,13-14H2,1-4H3/b17-12-. The number of nitrogens with zero attached hydrogens (tertiary/aromatic N) is 2. The van der Waals surface area contributed by atoms with Gasteiger partial charge in [-0.2, -0.15) is 5.10 Å². The predicted molar refractivity (Wildman–Crippen MR) is 120 cm³/mol. The van der Waals surface area contributed by atoms with Crippen LogP contribution in [-0.2, 0) is 6.54 Å². The molecule has 0 spiro atoms. The molecule has 164 valence electrons. The fraction of sp³-hybridized carbons (Fsp3) is 0.731. The van der Waals surface area contributed by atoms with Crippen molar-refractivity contribution in [3.63, 3.8) is 0 Å². The third kappa shape index (κ3) is 2.82. The van der Waals surface area contributed by atoms with E-state index in [1.165, 1.54) is 23.3 Å². The first-order valence-corrected chi connectivity index (χ1v) is 12.1. The zero-order valence-corrected chi connectivity index (χ0v) is 19.1. The van der Waals surface area contributed by atoms with E-state index >= 15 is 0 Å². The lowest BCUT2D eigenvalue weighted by Gasteiger charge is -2.57. The largest absolute Gasteiger partial charge is 0.393 e. The molecule has 1 aromatic heterocycles. The summed E-state index contributed by atoms with van der Waals surface area (Å²) in [7, 11) is 0. The molecule has 0 aromatic carbocycles. The highest BCUT2D eigenvalue weighted by Crippen LogP contribution is 2.65. The summed E-state index contributed by atoms with van der Waals surface area (Å²) in [5.41, 5.74) is 5.30. The SMILES string of the molecule is CCn1ncc(/C=C2/CC3C4CC=C5CC(O)CCC5(C)C4CCC3(C)C2O)c1C. The Balaban J connectivity index is 1.47. The van der Waals surface area contributed by atoms with Crippen molar-refractivity contribution in [2.75, 3.05) is 0 Å². The smallest absolute Gasteiger partial charge is 0.0809 e. The van der Waals surface area contributed by atoms with E-state index in [1.54, 1.807) is 0 Å². The third-order valence-electron chi connectivity index (χ3n) is 9.73. The van der Waals surface area contributed by atoms with Gasteiger partial charge in [0, 0.05) is 23.2 Å². The predicted octanol–water partition coefficient (Wildman–Crippen LogP) is 4.89. The molecule has 4 nitrogen and oxygen atoms in total. The lowest BCUT2D eigenvalue weighted by Crippen LogP contribution is -2.51. The summed E-state index contributed by atoms with van der Waals surface area (Å²) < 4.78 is 2.03. The second-order valence-electron chi connectivity index (χ2n) is 11.0. The van der Waals surface area contributed by atoms with E-state index < -0.39 is 0 Å². The number of aromatic nitrogens is 2. The Labute approximate surface area is 181 Å². The van der Waals surface area contributed by atoms with Crippen molar-refractivity contribution in [3.05, 3.63) is 34.7 Å². The molecule has 4 heteroatoms. The quantitative estimate of drug-likeness (QED) is 0.683. The zero-order chi connectivity index (χ0) is 21.3. The van der Waals surface area contributed by atoms with Crippen molar-refractivity contribution >= 4 is 6.08 Å². The molecule has 0 radical (unpaired) electrons. The lowest BCUT2D eigenvalue weighted by atomic mass is 9.48. The minimum Gasteiger partial charge on any atom is -0.393 e. The molecule has 3 saturated carbocycles. The Morgan fingerprint density at radius 3 is 2.70 bits per heavy atom. The maximum atomic E-state index is 11.4. The molecule has 1 heterocycles. The monoisotopic (exact) mass is 410 g/mol. The summed E-state index contributed by atoms with van der Waals surface area (Å²) in [6.07, 6.45) is 13.5. The Bertz CT molecular complexity index is 899. The number of rotatable bonds is 2. The van der Waals surface area contributed by atoms with Crippen LogP contribution in [0.25, 0.3) is 6.08 Å². The molecule has 4 aliphatic rings. The molecule has 0 saturated heterocycles. The van der Waals surface area contributed by atoms with Crippen molar-refractivity contribution in [1.29, 1.82) is 0 Å². The summed E-state index contributed by atoms with van der Waals surface area (Å²) in [5, 5.41) is 26.1. The first-order valence-electron chi connectivity index (χ1n) is 12.1. The molecule has 0 amide bonds. The van der Waals surface area contributed by atoms with Crippen molar-refractivity contribution in [3.8, 4) is 0 Å². The van der Waals surface area contributed by atoms with Crippen molar-refractivity contribution in [2.24, 2.45) is 28.6 Å². The maximum absolute atomic E-state index is 11.4. The van der Waals surface area contributed by atoms with Crippen LogP contribution >= 0.6 is 0 Å². The van der Waals surface area contributed by atoms with Crippen LogP contribution in [-0.4, -0.2) is 32.2 Å². The first-order chi connectivity index (χ1) is 14.3. The van der Waals surface area contributed by atoms with E-state index in [1.807, 2.05) is 10.9 Å². The van der Waals surface area contributed by atoms with Crippen LogP contribution in [0, 0.1) is 35.5 Å². The van der Waals surface area contributed by atoms with Gasteiger partial charge in [0.25, 0.3) is 0 Å². The van der Waals surface area contributed by atoms with Gasteiger partial charge in [0.05, 0.1) is 18.4 Å². The fourth-order valence-electron chi connectivity index (χ4n) is 7.76. The Morgan fingerprint density at radius 1 is 1.17 bits per heavy atom. The second-order valence-corrected chi connectivity index (χ2v) is 11.0. The summed E-state index contributed by atoms with van der Waals surface area (Å²) >= 11 is 0.